The van der Waals surface area contributed by atoms with Crippen LogP contribution in [0.4, 0.5) is 4.79 Å². The van der Waals surface area contributed by atoms with Gasteiger partial charge < -0.3 is 21.5 Å². The first-order valence-corrected chi connectivity index (χ1v) is 7.03. The average molecular weight is 283 g/mol. The Labute approximate surface area is 117 Å². The van der Waals surface area contributed by atoms with Crippen LogP contribution in [0.3, 0.4) is 0 Å². The van der Waals surface area contributed by atoms with Gasteiger partial charge in [-0.2, -0.15) is 0 Å². The van der Waals surface area contributed by atoms with Crippen LogP contribution in [-0.2, 0) is 9.59 Å². The number of carboxylic acid groups (broad SMARTS) is 1. The summed E-state index contributed by atoms with van der Waals surface area (Å²) in [6, 6.07) is -1.82. The molecule has 7 heteroatoms. The first-order chi connectivity index (χ1) is 9.47. The molecule has 1 unspecified atom stereocenters. The lowest BCUT2D eigenvalue weighted by Crippen LogP contribution is -2.48. The molecule has 112 valence electrons. The van der Waals surface area contributed by atoms with E-state index in [2.05, 4.69) is 10.6 Å². The van der Waals surface area contributed by atoms with E-state index < -0.39 is 30.4 Å². The summed E-state index contributed by atoms with van der Waals surface area (Å²) in [6.07, 6.45) is 4.50. The SMILES string of the molecule is NC(=O)CC(NC(=O)NCC(C1CC1)C1CC1)C(=O)O. The van der Waals surface area contributed by atoms with Gasteiger partial charge in [0, 0.05) is 6.54 Å². The van der Waals surface area contributed by atoms with Gasteiger partial charge in [-0.05, 0) is 43.4 Å². The van der Waals surface area contributed by atoms with Crippen molar-refractivity contribution in [1.82, 2.24) is 10.6 Å². The van der Waals surface area contributed by atoms with Crippen LogP contribution in [0.1, 0.15) is 32.1 Å². The standard InChI is InChI=1S/C13H21N3O4/c14-11(17)5-10(12(18)19)16-13(20)15-6-9(7-1-2-7)8-3-4-8/h7-10H,1-6H2,(H2,14,17)(H,18,19)(H2,15,16,20). The molecule has 7 nitrogen and oxygen atoms in total. The Morgan fingerprint density at radius 3 is 2.10 bits per heavy atom. The number of urea groups is 1. The van der Waals surface area contributed by atoms with Crippen molar-refractivity contribution in [2.24, 2.45) is 23.5 Å². The van der Waals surface area contributed by atoms with Crippen molar-refractivity contribution in [3.05, 3.63) is 0 Å². The Morgan fingerprint density at radius 1 is 1.15 bits per heavy atom. The third-order valence-electron chi connectivity index (χ3n) is 3.96. The van der Waals surface area contributed by atoms with Crippen molar-refractivity contribution in [3.8, 4) is 0 Å². The number of carboxylic acids is 1. The number of hydrogen-bond acceptors (Lipinski definition) is 3. The monoisotopic (exact) mass is 283 g/mol. The Morgan fingerprint density at radius 2 is 1.70 bits per heavy atom. The molecule has 2 fully saturated rings. The van der Waals surface area contributed by atoms with E-state index in [9.17, 15) is 14.4 Å². The summed E-state index contributed by atoms with van der Waals surface area (Å²) in [5.41, 5.74) is 4.95. The number of carbonyl (C=O) groups excluding carboxylic acids is 2. The molecule has 2 aliphatic carbocycles. The number of hydrogen-bond donors (Lipinski definition) is 4. The van der Waals surface area contributed by atoms with Crippen LogP contribution in [0.15, 0.2) is 0 Å². The van der Waals surface area contributed by atoms with Crippen LogP contribution in [0.2, 0.25) is 0 Å². The number of rotatable bonds is 8. The molecule has 1 atom stereocenters. The second-order valence-electron chi connectivity index (χ2n) is 5.75. The average Bonchev–Trinajstić information content (AvgIpc) is 3.22. The molecular weight excluding hydrogens is 262 g/mol. The van der Waals surface area contributed by atoms with Crippen LogP contribution in [0.25, 0.3) is 0 Å². The fourth-order valence-corrected chi connectivity index (χ4v) is 2.59. The van der Waals surface area contributed by atoms with Gasteiger partial charge in [0.05, 0.1) is 6.42 Å². The number of aliphatic carboxylic acids is 1. The molecule has 2 saturated carbocycles. The second-order valence-corrected chi connectivity index (χ2v) is 5.75. The molecule has 20 heavy (non-hydrogen) atoms. The van der Waals surface area contributed by atoms with Gasteiger partial charge in [0.2, 0.25) is 5.91 Å². The molecular formula is C13H21N3O4. The summed E-state index contributed by atoms with van der Waals surface area (Å²) in [7, 11) is 0. The van der Waals surface area contributed by atoms with Gasteiger partial charge in [0.15, 0.2) is 0 Å². The van der Waals surface area contributed by atoms with Gasteiger partial charge in [0.1, 0.15) is 6.04 Å². The maximum Gasteiger partial charge on any atom is 0.326 e. The number of nitrogens with one attached hydrogen (secondary N) is 2. The fraction of sp³-hybridized carbons (Fsp3) is 0.769. The first kappa shape index (κ1) is 14.6. The molecule has 2 rings (SSSR count). The highest BCUT2D eigenvalue weighted by Gasteiger charge is 2.41. The van der Waals surface area contributed by atoms with Crippen LogP contribution in [0, 0.1) is 17.8 Å². The Bertz CT molecular complexity index is 392. The first-order valence-electron chi connectivity index (χ1n) is 7.03. The normalized spacial score (nSPS) is 19.4. The van der Waals surface area contributed by atoms with Crippen molar-refractivity contribution < 1.29 is 19.5 Å². The Balaban J connectivity index is 1.75. The highest BCUT2D eigenvalue weighted by Crippen LogP contribution is 2.48. The zero-order valence-electron chi connectivity index (χ0n) is 11.3. The van der Waals surface area contributed by atoms with Crippen molar-refractivity contribution in [2.45, 2.75) is 38.1 Å². The summed E-state index contributed by atoms with van der Waals surface area (Å²) < 4.78 is 0. The van der Waals surface area contributed by atoms with Crippen molar-refractivity contribution in [3.63, 3.8) is 0 Å². The van der Waals surface area contributed by atoms with E-state index in [1.165, 1.54) is 25.7 Å². The number of carbonyl (C=O) groups is 3. The van der Waals surface area contributed by atoms with E-state index in [0.29, 0.717) is 24.3 Å². The van der Waals surface area contributed by atoms with Crippen LogP contribution in [0.5, 0.6) is 0 Å². The molecule has 0 spiro atoms. The third kappa shape index (κ3) is 4.40. The van der Waals surface area contributed by atoms with E-state index in [4.69, 9.17) is 10.8 Å². The molecule has 0 saturated heterocycles. The van der Waals surface area contributed by atoms with Gasteiger partial charge >= 0.3 is 12.0 Å². The number of primary amides is 1. The zero-order chi connectivity index (χ0) is 14.7. The third-order valence-corrected chi connectivity index (χ3v) is 3.96. The summed E-state index contributed by atoms with van der Waals surface area (Å²) in [4.78, 5) is 33.3. The minimum atomic E-state index is -1.27. The van der Waals surface area contributed by atoms with Crippen LogP contribution in [-0.4, -0.2) is 35.6 Å². The van der Waals surface area contributed by atoms with Gasteiger partial charge in [-0.1, -0.05) is 0 Å². The predicted molar refractivity (Wildman–Crippen MR) is 70.7 cm³/mol. The summed E-state index contributed by atoms with van der Waals surface area (Å²) in [6.45, 7) is 0.573. The molecule has 0 aromatic heterocycles. The van der Waals surface area contributed by atoms with Gasteiger partial charge in [-0.25, -0.2) is 9.59 Å². The quantitative estimate of drug-likeness (QED) is 0.503. The minimum absolute atomic E-state index is 0.405. The summed E-state index contributed by atoms with van der Waals surface area (Å²) in [5, 5.41) is 13.9. The van der Waals surface area contributed by atoms with Gasteiger partial charge in [0.25, 0.3) is 0 Å². The number of amides is 3. The smallest absolute Gasteiger partial charge is 0.326 e. The maximum absolute atomic E-state index is 11.7. The molecule has 0 radical (unpaired) electrons. The summed E-state index contributed by atoms with van der Waals surface area (Å²) in [5.74, 6) is -0.0843. The van der Waals surface area contributed by atoms with Crippen molar-refractivity contribution in [1.29, 1.82) is 0 Å². The van der Waals surface area contributed by atoms with Crippen molar-refractivity contribution >= 4 is 17.9 Å². The molecule has 0 aromatic rings. The summed E-state index contributed by atoms with van der Waals surface area (Å²) >= 11 is 0. The zero-order valence-corrected chi connectivity index (χ0v) is 11.3. The highest BCUT2D eigenvalue weighted by molar-refractivity contribution is 5.87. The van der Waals surface area contributed by atoms with Gasteiger partial charge in [-0.15, -0.1) is 0 Å². The second kappa shape index (κ2) is 6.11. The molecule has 0 heterocycles. The Kier molecular flexibility index (Phi) is 4.46. The largest absolute Gasteiger partial charge is 0.480 e. The van der Waals surface area contributed by atoms with E-state index in [1.54, 1.807) is 0 Å². The number of nitrogens with two attached hydrogens (primary N) is 1. The minimum Gasteiger partial charge on any atom is -0.480 e. The van der Waals surface area contributed by atoms with E-state index in [0.717, 1.165) is 0 Å². The molecule has 0 bridgehead atoms. The van der Waals surface area contributed by atoms with E-state index in [-0.39, 0.29) is 0 Å². The molecule has 0 aliphatic heterocycles. The fourth-order valence-electron chi connectivity index (χ4n) is 2.59. The molecule has 3 amide bonds. The maximum atomic E-state index is 11.7. The van der Waals surface area contributed by atoms with Gasteiger partial charge in [-0.3, -0.25) is 4.79 Å². The molecule has 5 N–H and O–H groups in total. The van der Waals surface area contributed by atoms with E-state index in [1.807, 2.05) is 0 Å². The van der Waals surface area contributed by atoms with Crippen molar-refractivity contribution in [2.75, 3.05) is 6.54 Å². The lowest BCUT2D eigenvalue weighted by atomic mass is 9.98. The molecule has 2 aliphatic rings. The van der Waals surface area contributed by atoms with E-state index >= 15 is 0 Å². The topological polar surface area (TPSA) is 122 Å². The highest BCUT2D eigenvalue weighted by atomic mass is 16.4. The van der Waals surface area contributed by atoms with Crippen LogP contribution < -0.4 is 16.4 Å². The lowest BCUT2D eigenvalue weighted by molar-refractivity contribution is -0.140. The molecule has 0 aromatic carbocycles. The predicted octanol–water partition coefficient (Wildman–Crippen LogP) is 0.0504. The van der Waals surface area contributed by atoms with Crippen LogP contribution >= 0.6 is 0 Å². The lowest BCUT2D eigenvalue weighted by Gasteiger charge is -2.18. The Hall–Kier alpha value is -1.79.